The standard InChI is InChI=1S/C19H26N4OS.HI/c1-4-23(5-2)18(24)17-8-6-15(7-9-17)12-21-19(20-3)22-13-16-10-11-25-14-16;/h6-11,14H,4-5,12-13H2,1-3H3,(H2,20,21,22);1H. The molecule has 0 spiro atoms. The van der Waals surface area contributed by atoms with E-state index >= 15 is 0 Å². The number of nitrogens with one attached hydrogen (secondary N) is 2. The monoisotopic (exact) mass is 486 g/mol. The zero-order chi connectivity index (χ0) is 18.1. The van der Waals surface area contributed by atoms with Crippen molar-refractivity contribution in [3.05, 3.63) is 57.8 Å². The highest BCUT2D eigenvalue weighted by Crippen LogP contribution is 2.08. The number of hydrogen-bond acceptors (Lipinski definition) is 3. The summed E-state index contributed by atoms with van der Waals surface area (Å²) >= 11 is 1.69. The lowest BCUT2D eigenvalue weighted by molar-refractivity contribution is 0.0773. The minimum absolute atomic E-state index is 0. The van der Waals surface area contributed by atoms with Gasteiger partial charge in [0.05, 0.1) is 0 Å². The number of carbonyl (C=O) groups is 1. The molecule has 2 aromatic rings. The van der Waals surface area contributed by atoms with Gasteiger partial charge in [-0.15, -0.1) is 24.0 Å². The SMILES string of the molecule is CCN(CC)C(=O)c1ccc(CNC(=NC)NCc2ccsc2)cc1.I. The van der Waals surface area contributed by atoms with Crippen LogP contribution in [0.4, 0.5) is 0 Å². The largest absolute Gasteiger partial charge is 0.352 e. The van der Waals surface area contributed by atoms with Gasteiger partial charge in [0.1, 0.15) is 0 Å². The topological polar surface area (TPSA) is 56.7 Å². The Bertz CT molecular complexity index is 682. The molecule has 0 saturated carbocycles. The maximum absolute atomic E-state index is 12.3. The Balaban J connectivity index is 0.00000338. The number of carbonyl (C=O) groups excluding carboxylic acids is 1. The molecule has 1 aromatic carbocycles. The summed E-state index contributed by atoms with van der Waals surface area (Å²) in [7, 11) is 1.76. The van der Waals surface area contributed by atoms with E-state index in [4.69, 9.17) is 0 Å². The van der Waals surface area contributed by atoms with Gasteiger partial charge < -0.3 is 15.5 Å². The minimum atomic E-state index is 0. The van der Waals surface area contributed by atoms with Crippen LogP contribution in [0.25, 0.3) is 0 Å². The Labute approximate surface area is 176 Å². The number of guanidine groups is 1. The Kier molecular flexibility index (Phi) is 10.3. The van der Waals surface area contributed by atoms with Crippen molar-refractivity contribution in [1.29, 1.82) is 0 Å². The first kappa shape index (κ1) is 22.4. The number of halogens is 1. The fourth-order valence-electron chi connectivity index (χ4n) is 2.44. The number of nitrogens with zero attached hydrogens (tertiary/aromatic N) is 2. The van der Waals surface area contributed by atoms with E-state index in [1.807, 2.05) is 43.0 Å². The number of rotatable bonds is 7. The van der Waals surface area contributed by atoms with Crippen molar-refractivity contribution in [3.8, 4) is 0 Å². The molecule has 1 heterocycles. The van der Waals surface area contributed by atoms with Gasteiger partial charge in [0.25, 0.3) is 5.91 Å². The first-order chi connectivity index (χ1) is 12.2. The summed E-state index contributed by atoms with van der Waals surface area (Å²) in [5.74, 6) is 0.840. The van der Waals surface area contributed by atoms with Gasteiger partial charge in [0.2, 0.25) is 0 Å². The molecule has 0 aliphatic heterocycles. The van der Waals surface area contributed by atoms with Crippen LogP contribution in [0.5, 0.6) is 0 Å². The highest BCUT2D eigenvalue weighted by molar-refractivity contribution is 14.0. The number of hydrogen-bond donors (Lipinski definition) is 2. The predicted octanol–water partition coefficient (Wildman–Crippen LogP) is 3.71. The van der Waals surface area contributed by atoms with E-state index in [2.05, 4.69) is 32.5 Å². The first-order valence-corrected chi connectivity index (χ1v) is 9.46. The highest BCUT2D eigenvalue weighted by atomic mass is 127. The van der Waals surface area contributed by atoms with Gasteiger partial charge in [-0.2, -0.15) is 11.3 Å². The van der Waals surface area contributed by atoms with Crippen molar-refractivity contribution < 1.29 is 4.79 Å². The maximum atomic E-state index is 12.3. The summed E-state index contributed by atoms with van der Waals surface area (Å²) in [4.78, 5) is 18.4. The van der Waals surface area contributed by atoms with E-state index in [9.17, 15) is 4.79 Å². The zero-order valence-corrected chi connectivity index (χ0v) is 18.6. The summed E-state index contributed by atoms with van der Waals surface area (Å²) < 4.78 is 0. The summed E-state index contributed by atoms with van der Waals surface area (Å²) in [6.07, 6.45) is 0. The van der Waals surface area contributed by atoms with E-state index < -0.39 is 0 Å². The van der Waals surface area contributed by atoms with Gasteiger partial charge in [0.15, 0.2) is 5.96 Å². The second-order valence-corrected chi connectivity index (χ2v) is 6.37. The van der Waals surface area contributed by atoms with Crippen LogP contribution in [-0.4, -0.2) is 36.9 Å². The normalized spacial score (nSPS) is 10.8. The molecule has 1 aromatic heterocycles. The maximum Gasteiger partial charge on any atom is 0.253 e. The molecule has 0 bridgehead atoms. The van der Waals surface area contributed by atoms with Gasteiger partial charge in [0, 0.05) is 38.8 Å². The Hall–Kier alpha value is -1.61. The molecule has 0 fully saturated rings. The van der Waals surface area contributed by atoms with Gasteiger partial charge in [-0.3, -0.25) is 9.79 Å². The molecule has 0 radical (unpaired) electrons. The quantitative estimate of drug-likeness (QED) is 0.357. The lowest BCUT2D eigenvalue weighted by atomic mass is 10.1. The van der Waals surface area contributed by atoms with Crippen molar-refractivity contribution >= 4 is 47.2 Å². The molecule has 2 rings (SSSR count). The Morgan fingerprint density at radius 1 is 1.04 bits per heavy atom. The van der Waals surface area contributed by atoms with E-state index in [0.717, 1.165) is 36.7 Å². The van der Waals surface area contributed by atoms with Crippen molar-refractivity contribution in [3.63, 3.8) is 0 Å². The van der Waals surface area contributed by atoms with E-state index in [0.29, 0.717) is 6.54 Å². The average molecular weight is 486 g/mol. The molecular weight excluding hydrogens is 459 g/mol. The van der Waals surface area contributed by atoms with Crippen molar-refractivity contribution in [2.24, 2.45) is 4.99 Å². The zero-order valence-electron chi connectivity index (χ0n) is 15.5. The van der Waals surface area contributed by atoms with Gasteiger partial charge in [-0.1, -0.05) is 12.1 Å². The van der Waals surface area contributed by atoms with E-state index in [1.54, 1.807) is 18.4 Å². The summed E-state index contributed by atoms with van der Waals surface area (Å²) in [6, 6.07) is 9.83. The predicted molar refractivity (Wildman–Crippen MR) is 120 cm³/mol. The molecule has 0 saturated heterocycles. The molecule has 5 nitrogen and oxygen atoms in total. The van der Waals surface area contributed by atoms with Crippen LogP contribution in [0, 0.1) is 0 Å². The van der Waals surface area contributed by atoms with Crippen LogP contribution < -0.4 is 10.6 Å². The van der Waals surface area contributed by atoms with Crippen LogP contribution in [0.1, 0.15) is 35.3 Å². The average Bonchev–Trinajstić information content (AvgIpc) is 3.17. The number of benzene rings is 1. The molecule has 0 unspecified atom stereocenters. The van der Waals surface area contributed by atoms with Crippen LogP contribution >= 0.6 is 35.3 Å². The Morgan fingerprint density at radius 2 is 1.65 bits per heavy atom. The van der Waals surface area contributed by atoms with Crippen LogP contribution in [0.2, 0.25) is 0 Å². The van der Waals surface area contributed by atoms with Crippen LogP contribution in [0.3, 0.4) is 0 Å². The molecule has 2 N–H and O–H groups in total. The van der Waals surface area contributed by atoms with Crippen molar-refractivity contribution in [2.75, 3.05) is 20.1 Å². The summed E-state index contributed by atoms with van der Waals surface area (Å²) in [6.45, 7) is 6.85. The molecular formula is C19H27IN4OS. The smallest absolute Gasteiger partial charge is 0.253 e. The summed E-state index contributed by atoms with van der Waals surface area (Å²) in [5.41, 5.74) is 3.08. The number of aliphatic imine (C=N–C) groups is 1. The van der Waals surface area contributed by atoms with Gasteiger partial charge >= 0.3 is 0 Å². The van der Waals surface area contributed by atoms with Crippen LogP contribution in [-0.2, 0) is 13.1 Å². The highest BCUT2D eigenvalue weighted by Gasteiger charge is 2.11. The van der Waals surface area contributed by atoms with E-state index in [1.165, 1.54) is 5.56 Å². The van der Waals surface area contributed by atoms with Crippen molar-refractivity contribution in [1.82, 2.24) is 15.5 Å². The van der Waals surface area contributed by atoms with E-state index in [-0.39, 0.29) is 29.9 Å². The molecule has 1 amide bonds. The fraction of sp³-hybridized carbons (Fsp3) is 0.368. The van der Waals surface area contributed by atoms with Crippen LogP contribution in [0.15, 0.2) is 46.1 Å². The van der Waals surface area contributed by atoms with Crippen molar-refractivity contribution in [2.45, 2.75) is 26.9 Å². The lowest BCUT2D eigenvalue weighted by Gasteiger charge is -2.18. The third-order valence-electron chi connectivity index (χ3n) is 3.98. The fourth-order valence-corrected chi connectivity index (χ4v) is 3.11. The molecule has 142 valence electrons. The Morgan fingerprint density at radius 3 is 2.15 bits per heavy atom. The number of thiophene rings is 1. The molecule has 0 atom stereocenters. The van der Waals surface area contributed by atoms with Gasteiger partial charge in [-0.05, 0) is 53.9 Å². The first-order valence-electron chi connectivity index (χ1n) is 8.51. The number of amides is 1. The van der Waals surface area contributed by atoms with Gasteiger partial charge in [-0.25, -0.2) is 0 Å². The lowest BCUT2D eigenvalue weighted by Crippen LogP contribution is -2.36. The third-order valence-corrected chi connectivity index (χ3v) is 4.71. The molecule has 0 aliphatic rings. The second-order valence-electron chi connectivity index (χ2n) is 5.59. The third kappa shape index (κ3) is 6.60. The second kappa shape index (κ2) is 11.9. The minimum Gasteiger partial charge on any atom is -0.352 e. The molecule has 26 heavy (non-hydrogen) atoms. The summed E-state index contributed by atoms with van der Waals surface area (Å²) in [5, 5.41) is 10.8. The molecule has 7 heteroatoms. The molecule has 0 aliphatic carbocycles.